The van der Waals surface area contributed by atoms with E-state index in [2.05, 4.69) is 16.4 Å². The zero-order valence-corrected chi connectivity index (χ0v) is 9.33. The van der Waals surface area contributed by atoms with E-state index in [0.717, 1.165) is 12.8 Å². The second-order valence-corrected chi connectivity index (χ2v) is 2.85. The average molecular weight is 280 g/mol. The van der Waals surface area contributed by atoms with Crippen molar-refractivity contribution < 1.29 is 0 Å². The van der Waals surface area contributed by atoms with Crippen LogP contribution in [0.15, 0.2) is 4.99 Å². The van der Waals surface area contributed by atoms with Crippen molar-refractivity contribution in [2.45, 2.75) is 12.8 Å². The highest BCUT2D eigenvalue weighted by molar-refractivity contribution is 14.0. The molecule has 4 nitrogen and oxygen atoms in total. The van der Waals surface area contributed by atoms with Crippen molar-refractivity contribution in [1.82, 2.24) is 5.32 Å². The topological polar surface area (TPSA) is 74.2 Å². The molecule has 68 valence electrons. The molecule has 0 unspecified atom stereocenters. The van der Waals surface area contributed by atoms with Gasteiger partial charge in [-0.25, -0.2) is 0 Å². The molecule has 1 saturated carbocycles. The lowest BCUT2D eigenvalue weighted by Crippen LogP contribution is -2.35. The van der Waals surface area contributed by atoms with Crippen LogP contribution >= 0.6 is 24.0 Å². The van der Waals surface area contributed by atoms with E-state index in [1.807, 2.05) is 0 Å². The van der Waals surface area contributed by atoms with Gasteiger partial charge in [-0.1, -0.05) is 0 Å². The molecule has 0 spiro atoms. The quantitative estimate of drug-likeness (QED) is 0.438. The van der Waals surface area contributed by atoms with Gasteiger partial charge in [0.1, 0.15) is 0 Å². The van der Waals surface area contributed by atoms with E-state index in [1.54, 1.807) is 7.05 Å². The molecular formula is C7H13IN4. The summed E-state index contributed by atoms with van der Waals surface area (Å²) in [5, 5.41) is 11.6. The number of nitrogens with one attached hydrogen (secondary N) is 1. The summed E-state index contributed by atoms with van der Waals surface area (Å²) in [6.45, 7) is 0.632. The molecular weight excluding hydrogens is 267 g/mol. The predicted octanol–water partition coefficient (Wildman–Crippen LogP) is 0.442. The highest BCUT2D eigenvalue weighted by Crippen LogP contribution is 2.43. The predicted molar refractivity (Wildman–Crippen MR) is 58.2 cm³/mol. The van der Waals surface area contributed by atoms with Gasteiger partial charge in [-0.3, -0.25) is 4.99 Å². The molecule has 0 radical (unpaired) electrons. The first kappa shape index (κ1) is 11.5. The Kier molecular flexibility index (Phi) is 4.31. The second kappa shape index (κ2) is 4.50. The molecule has 3 N–H and O–H groups in total. The maximum absolute atomic E-state index is 8.67. The number of nitriles is 1. The maximum Gasteiger partial charge on any atom is 0.188 e. The summed E-state index contributed by atoms with van der Waals surface area (Å²) in [6, 6.07) is 2.26. The Morgan fingerprint density at radius 3 is 2.67 bits per heavy atom. The third-order valence-corrected chi connectivity index (χ3v) is 1.94. The molecule has 0 aromatic rings. The summed E-state index contributed by atoms with van der Waals surface area (Å²) in [5.41, 5.74) is 5.25. The molecule has 12 heavy (non-hydrogen) atoms. The molecule has 0 aliphatic heterocycles. The molecule has 1 fully saturated rings. The minimum atomic E-state index is -0.144. The maximum atomic E-state index is 8.67. The van der Waals surface area contributed by atoms with Crippen molar-refractivity contribution in [3.8, 4) is 6.07 Å². The lowest BCUT2D eigenvalue weighted by molar-refractivity contribution is 0.636. The van der Waals surface area contributed by atoms with Crippen LogP contribution < -0.4 is 11.1 Å². The molecule has 0 aromatic carbocycles. The number of nitrogens with two attached hydrogens (primary N) is 1. The van der Waals surface area contributed by atoms with E-state index in [4.69, 9.17) is 11.0 Å². The number of halogens is 1. The lowest BCUT2D eigenvalue weighted by atomic mass is 10.1. The van der Waals surface area contributed by atoms with Crippen LogP contribution in [-0.4, -0.2) is 19.6 Å². The SMILES string of the molecule is CN=C(N)NCC1(C#N)CC1.I. The smallest absolute Gasteiger partial charge is 0.188 e. The Hall–Kier alpha value is -0.510. The molecule has 0 saturated heterocycles. The molecule has 1 aliphatic rings. The van der Waals surface area contributed by atoms with E-state index in [-0.39, 0.29) is 29.4 Å². The summed E-state index contributed by atoms with van der Waals surface area (Å²) in [7, 11) is 1.62. The van der Waals surface area contributed by atoms with Crippen LogP contribution in [0.3, 0.4) is 0 Å². The first-order valence-corrected chi connectivity index (χ1v) is 3.60. The van der Waals surface area contributed by atoms with Crippen LogP contribution in [0, 0.1) is 16.7 Å². The number of hydrogen-bond donors (Lipinski definition) is 2. The Bertz CT molecular complexity index is 214. The van der Waals surface area contributed by atoms with E-state index in [9.17, 15) is 0 Å². The van der Waals surface area contributed by atoms with Crippen molar-refractivity contribution in [2.75, 3.05) is 13.6 Å². The monoisotopic (exact) mass is 280 g/mol. The van der Waals surface area contributed by atoms with Gasteiger partial charge in [0.2, 0.25) is 0 Å². The van der Waals surface area contributed by atoms with Crippen molar-refractivity contribution >= 4 is 29.9 Å². The highest BCUT2D eigenvalue weighted by atomic mass is 127. The van der Waals surface area contributed by atoms with Gasteiger partial charge in [-0.15, -0.1) is 24.0 Å². The molecule has 1 rings (SSSR count). The summed E-state index contributed by atoms with van der Waals surface area (Å²) in [5.74, 6) is 0.409. The van der Waals surface area contributed by atoms with Gasteiger partial charge in [0.15, 0.2) is 5.96 Å². The highest BCUT2D eigenvalue weighted by Gasteiger charge is 2.42. The van der Waals surface area contributed by atoms with Crippen molar-refractivity contribution in [3.05, 3.63) is 0 Å². The van der Waals surface area contributed by atoms with Crippen LogP contribution in [0.5, 0.6) is 0 Å². The van der Waals surface area contributed by atoms with Gasteiger partial charge in [-0.05, 0) is 12.8 Å². The Morgan fingerprint density at radius 1 is 1.75 bits per heavy atom. The first-order chi connectivity index (χ1) is 5.22. The average Bonchev–Trinajstić information content (AvgIpc) is 2.81. The van der Waals surface area contributed by atoms with Gasteiger partial charge in [0.05, 0.1) is 11.5 Å². The normalized spacial score (nSPS) is 18.8. The second-order valence-electron chi connectivity index (χ2n) is 2.85. The molecule has 0 amide bonds. The molecule has 1 aliphatic carbocycles. The van der Waals surface area contributed by atoms with Crippen LogP contribution in [0.2, 0.25) is 0 Å². The largest absolute Gasteiger partial charge is 0.370 e. The standard InChI is InChI=1S/C7H12N4.HI/c1-10-6(9)11-5-7(4-8)2-3-7;/h2-3,5H2,1H3,(H3,9,10,11);1H. The van der Waals surface area contributed by atoms with Gasteiger partial charge < -0.3 is 11.1 Å². The van der Waals surface area contributed by atoms with Gasteiger partial charge in [-0.2, -0.15) is 5.26 Å². The number of hydrogen-bond acceptors (Lipinski definition) is 2. The summed E-state index contributed by atoms with van der Waals surface area (Å²) < 4.78 is 0. The van der Waals surface area contributed by atoms with Gasteiger partial charge in [0, 0.05) is 13.6 Å². The fourth-order valence-electron chi connectivity index (χ4n) is 0.818. The first-order valence-electron chi connectivity index (χ1n) is 3.60. The van der Waals surface area contributed by atoms with E-state index in [1.165, 1.54) is 0 Å². The third-order valence-electron chi connectivity index (χ3n) is 1.94. The Morgan fingerprint density at radius 2 is 2.33 bits per heavy atom. The zero-order valence-electron chi connectivity index (χ0n) is 7.00. The van der Waals surface area contributed by atoms with Crippen LogP contribution in [-0.2, 0) is 0 Å². The molecule has 0 heterocycles. The minimum absolute atomic E-state index is 0. The van der Waals surface area contributed by atoms with E-state index >= 15 is 0 Å². The molecule has 5 heteroatoms. The molecule has 0 atom stereocenters. The fraction of sp³-hybridized carbons (Fsp3) is 0.714. The summed E-state index contributed by atoms with van der Waals surface area (Å²) in [4.78, 5) is 3.73. The lowest BCUT2D eigenvalue weighted by Gasteiger charge is -2.06. The number of rotatable bonds is 2. The van der Waals surface area contributed by atoms with Crippen LogP contribution in [0.4, 0.5) is 0 Å². The van der Waals surface area contributed by atoms with Gasteiger partial charge in [0.25, 0.3) is 0 Å². The Labute approximate surface area is 89.2 Å². The summed E-state index contributed by atoms with van der Waals surface area (Å²) in [6.07, 6.45) is 1.96. The Balaban J connectivity index is 0.00000121. The number of aliphatic imine (C=N–C) groups is 1. The van der Waals surface area contributed by atoms with Crippen molar-refractivity contribution in [3.63, 3.8) is 0 Å². The number of guanidine groups is 1. The summed E-state index contributed by atoms with van der Waals surface area (Å²) >= 11 is 0. The zero-order chi connectivity index (χ0) is 8.32. The molecule has 0 aromatic heterocycles. The van der Waals surface area contributed by atoms with Crippen LogP contribution in [0.1, 0.15) is 12.8 Å². The molecule has 0 bridgehead atoms. The third kappa shape index (κ3) is 2.85. The van der Waals surface area contributed by atoms with E-state index in [0.29, 0.717) is 12.5 Å². The van der Waals surface area contributed by atoms with Gasteiger partial charge >= 0.3 is 0 Å². The fourth-order valence-corrected chi connectivity index (χ4v) is 0.818. The van der Waals surface area contributed by atoms with E-state index < -0.39 is 0 Å². The van der Waals surface area contributed by atoms with Crippen LogP contribution in [0.25, 0.3) is 0 Å². The van der Waals surface area contributed by atoms with Crippen molar-refractivity contribution in [1.29, 1.82) is 5.26 Å². The number of nitrogens with zero attached hydrogens (tertiary/aromatic N) is 2. The minimum Gasteiger partial charge on any atom is -0.370 e. The van der Waals surface area contributed by atoms with Crippen molar-refractivity contribution in [2.24, 2.45) is 16.1 Å².